The Morgan fingerprint density at radius 1 is 0.923 bits per heavy atom. The molecule has 0 aliphatic heterocycles. The van der Waals surface area contributed by atoms with E-state index in [4.69, 9.17) is 10.2 Å². The molecule has 8 nitrogen and oxygen atoms in total. The van der Waals surface area contributed by atoms with E-state index in [-0.39, 0.29) is 5.92 Å². The molecule has 0 saturated heterocycles. The first kappa shape index (κ1) is 21.4. The van der Waals surface area contributed by atoms with Crippen molar-refractivity contribution in [3.05, 3.63) is 24.3 Å². The second-order valence-electron chi connectivity index (χ2n) is 7.38. The molecule has 1 aliphatic carbocycles. The minimum Gasteiger partial charge on any atom is -0.478 e. The zero-order chi connectivity index (χ0) is 20.0. The molecule has 0 unspecified atom stereocenters. The van der Waals surface area contributed by atoms with Crippen molar-refractivity contribution in [1.29, 1.82) is 0 Å². The molecule has 0 heterocycles. The summed E-state index contributed by atoms with van der Waals surface area (Å²) in [7, 11) is 0. The Kier molecular flexibility index (Phi) is 7.11. The van der Waals surface area contributed by atoms with Crippen LogP contribution >= 0.6 is 0 Å². The SMILES string of the molecule is CC1(NC(=O)/C=C/C(=O)O)CCC(C(C)(C)NC(=O)/C=C\C(=O)O)CC1. The molecule has 1 rings (SSSR count). The van der Waals surface area contributed by atoms with Crippen molar-refractivity contribution in [2.24, 2.45) is 5.92 Å². The zero-order valence-electron chi connectivity index (χ0n) is 15.2. The molecule has 1 saturated carbocycles. The Bertz CT molecular complexity index is 628. The Hall–Kier alpha value is -2.64. The van der Waals surface area contributed by atoms with E-state index in [2.05, 4.69) is 10.6 Å². The van der Waals surface area contributed by atoms with Gasteiger partial charge >= 0.3 is 11.9 Å². The van der Waals surface area contributed by atoms with Crippen LogP contribution in [0.5, 0.6) is 0 Å². The number of nitrogens with one attached hydrogen (secondary N) is 2. The van der Waals surface area contributed by atoms with Gasteiger partial charge in [-0.2, -0.15) is 0 Å². The van der Waals surface area contributed by atoms with Gasteiger partial charge in [0, 0.05) is 35.4 Å². The minimum absolute atomic E-state index is 0.171. The van der Waals surface area contributed by atoms with Gasteiger partial charge in [-0.3, -0.25) is 9.59 Å². The lowest BCUT2D eigenvalue weighted by Crippen LogP contribution is -2.54. The lowest BCUT2D eigenvalue weighted by Gasteiger charge is -2.44. The Morgan fingerprint density at radius 2 is 1.38 bits per heavy atom. The van der Waals surface area contributed by atoms with Crippen LogP contribution in [0.15, 0.2) is 24.3 Å². The molecular weight excluding hydrogens is 340 g/mol. The number of rotatable bonds is 7. The van der Waals surface area contributed by atoms with E-state index in [1.165, 1.54) is 0 Å². The maximum atomic E-state index is 11.8. The molecule has 0 radical (unpaired) electrons. The van der Waals surface area contributed by atoms with Gasteiger partial charge in [0.05, 0.1) is 0 Å². The van der Waals surface area contributed by atoms with Gasteiger partial charge in [-0.25, -0.2) is 9.59 Å². The largest absolute Gasteiger partial charge is 0.478 e. The Morgan fingerprint density at radius 3 is 1.85 bits per heavy atom. The average molecular weight is 366 g/mol. The summed E-state index contributed by atoms with van der Waals surface area (Å²) in [6.07, 6.45) is 6.48. The van der Waals surface area contributed by atoms with Crippen molar-refractivity contribution in [3.63, 3.8) is 0 Å². The third kappa shape index (κ3) is 7.08. The van der Waals surface area contributed by atoms with Gasteiger partial charge in [-0.05, 0) is 52.4 Å². The van der Waals surface area contributed by atoms with Gasteiger partial charge < -0.3 is 20.8 Å². The number of amides is 2. The highest BCUT2D eigenvalue weighted by molar-refractivity contribution is 5.94. The third-order valence-electron chi connectivity index (χ3n) is 4.73. The minimum atomic E-state index is -1.18. The molecule has 0 aromatic rings. The summed E-state index contributed by atoms with van der Waals surface area (Å²) in [6, 6.07) is 0. The van der Waals surface area contributed by atoms with Crippen LogP contribution in [0.3, 0.4) is 0 Å². The zero-order valence-corrected chi connectivity index (χ0v) is 15.2. The molecule has 0 aromatic carbocycles. The van der Waals surface area contributed by atoms with Gasteiger partial charge in [0.15, 0.2) is 0 Å². The van der Waals surface area contributed by atoms with Crippen LogP contribution in [0.25, 0.3) is 0 Å². The van der Waals surface area contributed by atoms with E-state index in [1.54, 1.807) is 0 Å². The number of carboxylic acids is 2. The normalized spacial score (nSPS) is 23.7. The van der Waals surface area contributed by atoms with E-state index in [9.17, 15) is 19.2 Å². The molecule has 0 bridgehead atoms. The fraction of sp³-hybridized carbons (Fsp3) is 0.556. The summed E-state index contributed by atoms with van der Waals surface area (Å²) in [6.45, 7) is 5.69. The lowest BCUT2D eigenvalue weighted by atomic mass is 9.70. The highest BCUT2D eigenvalue weighted by Crippen LogP contribution is 2.37. The average Bonchev–Trinajstić information content (AvgIpc) is 2.50. The van der Waals surface area contributed by atoms with Crippen LogP contribution in [0.1, 0.15) is 46.5 Å². The summed E-state index contributed by atoms with van der Waals surface area (Å²) < 4.78 is 0. The molecule has 1 aliphatic rings. The van der Waals surface area contributed by atoms with Gasteiger partial charge in [0.25, 0.3) is 0 Å². The molecule has 1 fully saturated rings. The van der Waals surface area contributed by atoms with Crippen molar-refractivity contribution in [1.82, 2.24) is 10.6 Å². The highest BCUT2D eigenvalue weighted by atomic mass is 16.4. The highest BCUT2D eigenvalue weighted by Gasteiger charge is 2.38. The van der Waals surface area contributed by atoms with E-state index in [0.29, 0.717) is 12.8 Å². The molecule has 0 aromatic heterocycles. The van der Waals surface area contributed by atoms with E-state index >= 15 is 0 Å². The quantitative estimate of drug-likeness (QED) is 0.501. The first-order valence-electron chi connectivity index (χ1n) is 8.40. The number of carboxylic acid groups (broad SMARTS) is 2. The smallest absolute Gasteiger partial charge is 0.328 e. The predicted octanol–water partition coefficient (Wildman–Crippen LogP) is 1.23. The maximum Gasteiger partial charge on any atom is 0.328 e. The standard InChI is InChI=1S/C18H26N2O6/c1-17(2,19-13(21)4-6-15(23)24)12-8-10-18(3,11-9-12)20-14(22)5-7-16(25)26/h4-7,12H,8-11H2,1-3H3,(H,19,21)(H,20,22)(H,23,24)(H,25,26)/b6-4-,7-5+. The Balaban J connectivity index is 2.60. The first-order chi connectivity index (χ1) is 11.9. The van der Waals surface area contributed by atoms with Crippen molar-refractivity contribution >= 4 is 23.8 Å². The molecule has 8 heteroatoms. The van der Waals surface area contributed by atoms with E-state index < -0.39 is 34.8 Å². The Labute approximate surface area is 152 Å². The number of carbonyl (C=O) groups is 4. The van der Waals surface area contributed by atoms with Gasteiger partial charge in [-0.15, -0.1) is 0 Å². The van der Waals surface area contributed by atoms with Gasteiger partial charge in [0.2, 0.25) is 11.8 Å². The van der Waals surface area contributed by atoms with Crippen LogP contribution in [-0.4, -0.2) is 45.0 Å². The van der Waals surface area contributed by atoms with Gasteiger partial charge in [0.1, 0.15) is 0 Å². The molecule has 0 spiro atoms. The van der Waals surface area contributed by atoms with Crippen molar-refractivity contribution in [2.45, 2.75) is 57.5 Å². The van der Waals surface area contributed by atoms with Crippen molar-refractivity contribution in [2.75, 3.05) is 0 Å². The van der Waals surface area contributed by atoms with Crippen LogP contribution in [0.4, 0.5) is 0 Å². The van der Waals surface area contributed by atoms with E-state index in [0.717, 1.165) is 37.1 Å². The van der Waals surface area contributed by atoms with Crippen LogP contribution in [-0.2, 0) is 19.2 Å². The second-order valence-corrected chi connectivity index (χ2v) is 7.38. The molecular formula is C18H26N2O6. The maximum absolute atomic E-state index is 11.8. The number of carbonyl (C=O) groups excluding carboxylic acids is 2. The topological polar surface area (TPSA) is 133 Å². The molecule has 4 N–H and O–H groups in total. The molecule has 26 heavy (non-hydrogen) atoms. The molecule has 2 amide bonds. The number of hydrogen-bond acceptors (Lipinski definition) is 4. The molecule has 0 atom stereocenters. The summed E-state index contributed by atoms with van der Waals surface area (Å²) in [5, 5.41) is 22.8. The summed E-state index contributed by atoms with van der Waals surface area (Å²) in [4.78, 5) is 44.6. The summed E-state index contributed by atoms with van der Waals surface area (Å²) in [5.41, 5.74) is -0.950. The molecule has 144 valence electrons. The third-order valence-corrected chi connectivity index (χ3v) is 4.73. The fourth-order valence-corrected chi connectivity index (χ4v) is 3.20. The van der Waals surface area contributed by atoms with Crippen LogP contribution in [0.2, 0.25) is 0 Å². The van der Waals surface area contributed by atoms with Crippen molar-refractivity contribution in [3.8, 4) is 0 Å². The van der Waals surface area contributed by atoms with Crippen molar-refractivity contribution < 1.29 is 29.4 Å². The summed E-state index contributed by atoms with van der Waals surface area (Å²) >= 11 is 0. The number of aliphatic carboxylic acids is 2. The fourth-order valence-electron chi connectivity index (χ4n) is 3.20. The van der Waals surface area contributed by atoms with Crippen LogP contribution < -0.4 is 10.6 Å². The van der Waals surface area contributed by atoms with Crippen LogP contribution in [0, 0.1) is 5.92 Å². The lowest BCUT2D eigenvalue weighted by molar-refractivity contribution is -0.132. The second kappa shape index (κ2) is 8.64. The van der Waals surface area contributed by atoms with Gasteiger partial charge in [-0.1, -0.05) is 0 Å². The predicted molar refractivity (Wildman–Crippen MR) is 94.3 cm³/mol. The van der Waals surface area contributed by atoms with E-state index in [1.807, 2.05) is 20.8 Å². The monoisotopic (exact) mass is 366 g/mol. The first-order valence-corrected chi connectivity index (χ1v) is 8.40. The number of hydrogen-bond donors (Lipinski definition) is 4. The summed E-state index contributed by atoms with van der Waals surface area (Å²) in [5.74, 6) is -3.09.